The predicted molar refractivity (Wildman–Crippen MR) is 104 cm³/mol. The molecule has 0 bridgehead atoms. The van der Waals surface area contributed by atoms with E-state index >= 15 is 0 Å². The van der Waals surface area contributed by atoms with Crippen molar-refractivity contribution in [2.45, 2.75) is 25.3 Å². The second-order valence-corrected chi connectivity index (χ2v) is 7.80. The lowest BCUT2D eigenvalue weighted by Crippen LogP contribution is -2.37. The number of halogens is 1. The summed E-state index contributed by atoms with van der Waals surface area (Å²) in [6.07, 6.45) is 6.47. The highest BCUT2D eigenvalue weighted by Gasteiger charge is 2.31. The van der Waals surface area contributed by atoms with E-state index < -0.39 is 0 Å². The van der Waals surface area contributed by atoms with Gasteiger partial charge in [-0.25, -0.2) is 4.98 Å². The molecule has 4 rings (SSSR count). The number of likely N-dealkylation sites (tertiary alicyclic amines) is 1. The van der Waals surface area contributed by atoms with Crippen LogP contribution in [0.15, 0.2) is 42.0 Å². The van der Waals surface area contributed by atoms with Crippen LogP contribution in [0.2, 0.25) is 5.02 Å². The van der Waals surface area contributed by atoms with E-state index in [9.17, 15) is 4.79 Å². The molecule has 1 amide bonds. The largest absolute Gasteiger partial charge is 0.334 e. The van der Waals surface area contributed by atoms with Crippen molar-refractivity contribution in [1.29, 1.82) is 0 Å². The molecule has 26 heavy (non-hydrogen) atoms. The van der Waals surface area contributed by atoms with Crippen molar-refractivity contribution >= 4 is 28.8 Å². The van der Waals surface area contributed by atoms with Gasteiger partial charge in [0.25, 0.3) is 5.91 Å². The van der Waals surface area contributed by atoms with Gasteiger partial charge < -0.3 is 4.90 Å². The lowest BCUT2D eigenvalue weighted by atomic mass is 10.0. The average molecular weight is 387 g/mol. The Bertz CT molecular complexity index is 935. The van der Waals surface area contributed by atoms with Crippen molar-refractivity contribution in [2.75, 3.05) is 6.54 Å². The number of benzene rings is 1. The molecule has 1 aliphatic rings. The van der Waals surface area contributed by atoms with Gasteiger partial charge in [0.2, 0.25) is 0 Å². The van der Waals surface area contributed by atoms with Crippen LogP contribution >= 0.6 is 22.9 Å². The smallest absolute Gasteiger partial charge is 0.273 e. The molecule has 1 aromatic carbocycles. The topological polar surface area (TPSA) is 51.0 Å². The summed E-state index contributed by atoms with van der Waals surface area (Å²) in [4.78, 5) is 19.5. The number of amides is 1. The molecule has 0 radical (unpaired) electrons. The van der Waals surface area contributed by atoms with Crippen LogP contribution in [-0.4, -0.2) is 38.2 Å². The van der Waals surface area contributed by atoms with Crippen LogP contribution in [0.4, 0.5) is 0 Å². The van der Waals surface area contributed by atoms with Crippen molar-refractivity contribution in [1.82, 2.24) is 19.7 Å². The molecular formula is C19H19ClN4OS. The van der Waals surface area contributed by atoms with Gasteiger partial charge >= 0.3 is 0 Å². The number of aromatic nitrogens is 3. The van der Waals surface area contributed by atoms with E-state index in [1.54, 1.807) is 10.9 Å². The summed E-state index contributed by atoms with van der Waals surface area (Å²) in [5, 5.41) is 7.60. The van der Waals surface area contributed by atoms with E-state index in [0.29, 0.717) is 5.69 Å². The van der Waals surface area contributed by atoms with E-state index in [1.165, 1.54) is 11.3 Å². The van der Waals surface area contributed by atoms with Crippen LogP contribution < -0.4 is 0 Å². The zero-order chi connectivity index (χ0) is 18.1. The summed E-state index contributed by atoms with van der Waals surface area (Å²) < 4.78 is 1.73. The van der Waals surface area contributed by atoms with Crippen LogP contribution in [-0.2, 0) is 13.5 Å². The van der Waals surface area contributed by atoms with Crippen LogP contribution in [0.3, 0.4) is 0 Å². The zero-order valence-electron chi connectivity index (χ0n) is 14.4. The second-order valence-electron chi connectivity index (χ2n) is 6.53. The lowest BCUT2D eigenvalue weighted by molar-refractivity contribution is 0.0731. The molecule has 3 aromatic rings. The number of nitrogens with zero attached hydrogens (tertiary/aromatic N) is 4. The molecule has 0 spiro atoms. The maximum absolute atomic E-state index is 13.0. The lowest BCUT2D eigenvalue weighted by Gasteiger charge is -2.24. The van der Waals surface area contributed by atoms with E-state index in [0.717, 1.165) is 47.0 Å². The quantitative estimate of drug-likeness (QED) is 0.679. The number of hydrogen-bond donors (Lipinski definition) is 0. The molecule has 5 nitrogen and oxygen atoms in total. The summed E-state index contributed by atoms with van der Waals surface area (Å²) in [7, 11) is 1.87. The molecule has 0 aliphatic carbocycles. The SMILES string of the molecule is Cn1cc(-c2nc(C(=O)N3CCCC3Cc3ccccc3Cl)cs2)cn1. The van der Waals surface area contributed by atoms with Gasteiger partial charge in [-0.1, -0.05) is 29.8 Å². The van der Waals surface area contributed by atoms with E-state index in [-0.39, 0.29) is 11.9 Å². The maximum atomic E-state index is 13.0. The molecule has 2 aromatic heterocycles. The summed E-state index contributed by atoms with van der Waals surface area (Å²) in [5.74, 6) is 0.00550. The Labute approximate surface area is 161 Å². The summed E-state index contributed by atoms with van der Waals surface area (Å²) in [6, 6.07) is 8.03. The summed E-state index contributed by atoms with van der Waals surface area (Å²) in [6.45, 7) is 0.772. The molecule has 134 valence electrons. The normalized spacial score (nSPS) is 17.0. The van der Waals surface area contributed by atoms with Gasteiger partial charge in [0, 0.05) is 41.8 Å². The van der Waals surface area contributed by atoms with Crippen LogP contribution in [0.5, 0.6) is 0 Å². The Morgan fingerprint density at radius 3 is 3.00 bits per heavy atom. The van der Waals surface area contributed by atoms with Crippen molar-refractivity contribution in [3.63, 3.8) is 0 Å². The van der Waals surface area contributed by atoms with Gasteiger partial charge in [0.05, 0.1) is 6.20 Å². The molecule has 3 heterocycles. The third-order valence-electron chi connectivity index (χ3n) is 4.73. The Morgan fingerprint density at radius 1 is 1.38 bits per heavy atom. The van der Waals surface area contributed by atoms with Gasteiger partial charge in [-0.15, -0.1) is 11.3 Å². The minimum atomic E-state index is 0.00550. The first-order chi connectivity index (χ1) is 12.6. The fraction of sp³-hybridized carbons (Fsp3) is 0.316. The molecule has 1 aliphatic heterocycles. The number of hydrogen-bond acceptors (Lipinski definition) is 4. The Kier molecular flexibility index (Phi) is 4.78. The standard InChI is InChI=1S/C19H19ClN4OS/c1-23-11-14(10-21-23)18-22-17(12-26-18)19(25)24-8-4-6-15(24)9-13-5-2-3-7-16(13)20/h2-3,5,7,10-12,15H,4,6,8-9H2,1H3. The molecule has 1 atom stereocenters. The maximum Gasteiger partial charge on any atom is 0.273 e. The number of rotatable bonds is 4. The average Bonchev–Trinajstić information content (AvgIpc) is 3.36. The van der Waals surface area contributed by atoms with Gasteiger partial charge in [-0.3, -0.25) is 9.48 Å². The van der Waals surface area contributed by atoms with Gasteiger partial charge in [0.1, 0.15) is 10.7 Å². The molecule has 0 saturated carbocycles. The fourth-order valence-corrected chi connectivity index (χ4v) is 4.40. The third kappa shape index (κ3) is 3.39. The van der Waals surface area contributed by atoms with Crippen molar-refractivity contribution in [2.24, 2.45) is 7.05 Å². The molecule has 7 heteroatoms. The van der Waals surface area contributed by atoms with Crippen LogP contribution in [0.25, 0.3) is 10.6 Å². The first-order valence-electron chi connectivity index (χ1n) is 8.61. The van der Waals surface area contributed by atoms with Gasteiger partial charge in [-0.05, 0) is 30.9 Å². The van der Waals surface area contributed by atoms with Gasteiger partial charge in [0.15, 0.2) is 0 Å². The highest BCUT2D eigenvalue weighted by atomic mass is 35.5. The Balaban J connectivity index is 1.52. The highest BCUT2D eigenvalue weighted by Crippen LogP contribution is 2.28. The predicted octanol–water partition coefficient (Wildman–Crippen LogP) is 4.04. The van der Waals surface area contributed by atoms with E-state index in [1.807, 2.05) is 47.8 Å². The molecular weight excluding hydrogens is 368 g/mol. The van der Waals surface area contributed by atoms with Crippen molar-refractivity contribution < 1.29 is 4.79 Å². The number of aryl methyl sites for hydroxylation is 1. The summed E-state index contributed by atoms with van der Waals surface area (Å²) in [5.41, 5.74) is 2.54. The first kappa shape index (κ1) is 17.2. The van der Waals surface area contributed by atoms with E-state index in [2.05, 4.69) is 10.1 Å². The Hall–Kier alpha value is -2.18. The molecule has 0 N–H and O–H groups in total. The van der Waals surface area contributed by atoms with Gasteiger partial charge in [-0.2, -0.15) is 5.10 Å². The monoisotopic (exact) mass is 386 g/mol. The minimum Gasteiger partial charge on any atom is -0.334 e. The summed E-state index contributed by atoms with van der Waals surface area (Å²) >= 11 is 7.78. The number of carbonyl (C=O) groups is 1. The second kappa shape index (κ2) is 7.21. The highest BCUT2D eigenvalue weighted by molar-refractivity contribution is 7.13. The zero-order valence-corrected chi connectivity index (χ0v) is 16.0. The number of thiazole rings is 1. The van der Waals surface area contributed by atoms with E-state index in [4.69, 9.17) is 11.6 Å². The molecule has 1 fully saturated rings. The third-order valence-corrected chi connectivity index (χ3v) is 5.99. The minimum absolute atomic E-state index is 0.00550. The number of carbonyl (C=O) groups excluding carboxylic acids is 1. The van der Waals surface area contributed by atoms with Crippen molar-refractivity contribution in [3.8, 4) is 10.6 Å². The Morgan fingerprint density at radius 2 is 2.23 bits per heavy atom. The first-order valence-corrected chi connectivity index (χ1v) is 9.86. The van der Waals surface area contributed by atoms with Crippen LogP contribution in [0, 0.1) is 0 Å². The molecule has 1 unspecified atom stereocenters. The molecule has 1 saturated heterocycles. The van der Waals surface area contributed by atoms with Crippen molar-refractivity contribution in [3.05, 3.63) is 58.3 Å². The fourth-order valence-electron chi connectivity index (χ4n) is 3.42. The van der Waals surface area contributed by atoms with Crippen LogP contribution in [0.1, 0.15) is 28.9 Å².